The van der Waals surface area contributed by atoms with Gasteiger partial charge in [0.15, 0.2) is 0 Å². The van der Waals surface area contributed by atoms with Crippen molar-refractivity contribution < 1.29 is 9.47 Å². The smallest absolute Gasteiger partial charge is 0.100 e. The van der Waals surface area contributed by atoms with Crippen molar-refractivity contribution in [3.63, 3.8) is 0 Å². The number of rotatable bonds is 5. The number of ether oxygens (including phenoxy) is 2. The highest BCUT2D eigenvalue weighted by atomic mass is 32.1. The summed E-state index contributed by atoms with van der Waals surface area (Å²) in [6, 6.07) is 4.58. The molecule has 3 atom stereocenters. The van der Waals surface area contributed by atoms with Crippen molar-refractivity contribution in [3.8, 4) is 0 Å². The predicted octanol–water partition coefficient (Wildman–Crippen LogP) is 2.80. The number of aryl methyl sites for hydroxylation is 1. The zero-order chi connectivity index (χ0) is 16.4. The highest BCUT2D eigenvalue weighted by Gasteiger charge is 2.44. The lowest BCUT2D eigenvalue weighted by molar-refractivity contribution is -0.0823. The number of aromatic nitrogens is 2. The molecule has 0 amide bonds. The van der Waals surface area contributed by atoms with Gasteiger partial charge >= 0.3 is 0 Å². The minimum absolute atomic E-state index is 0.119. The quantitative estimate of drug-likeness (QED) is 0.834. The molecule has 0 N–H and O–H groups in total. The van der Waals surface area contributed by atoms with Gasteiger partial charge in [-0.2, -0.15) is 0 Å². The van der Waals surface area contributed by atoms with Crippen LogP contribution in [-0.4, -0.2) is 46.3 Å². The molecule has 2 saturated heterocycles. The summed E-state index contributed by atoms with van der Waals surface area (Å²) in [4.78, 5) is 11.2. The largest absolute Gasteiger partial charge is 0.374 e. The predicted molar refractivity (Wildman–Crippen MR) is 92.8 cm³/mol. The van der Waals surface area contributed by atoms with E-state index >= 15 is 0 Å². The molecule has 0 saturated carbocycles. The fraction of sp³-hybridized carbons (Fsp3) is 0.556. The molecular formula is C18H23N3O2S. The third kappa shape index (κ3) is 3.52. The van der Waals surface area contributed by atoms with Crippen LogP contribution in [0.1, 0.15) is 29.1 Å². The molecule has 0 bridgehead atoms. The van der Waals surface area contributed by atoms with Crippen molar-refractivity contribution in [2.75, 3.05) is 13.2 Å². The topological polar surface area (TPSA) is 47.5 Å². The summed E-state index contributed by atoms with van der Waals surface area (Å²) in [5, 5.41) is 3.17. The maximum atomic E-state index is 6.20. The number of pyridine rings is 1. The van der Waals surface area contributed by atoms with E-state index in [2.05, 4.69) is 26.3 Å². The molecule has 2 aliphatic rings. The van der Waals surface area contributed by atoms with Gasteiger partial charge in [-0.15, -0.1) is 11.3 Å². The fourth-order valence-electron chi connectivity index (χ4n) is 3.73. The van der Waals surface area contributed by atoms with E-state index in [-0.39, 0.29) is 12.2 Å². The zero-order valence-corrected chi connectivity index (χ0v) is 14.7. The van der Waals surface area contributed by atoms with E-state index < -0.39 is 0 Å². The Kier molecular flexibility index (Phi) is 4.89. The number of fused-ring (bicyclic) bond motifs is 1. The van der Waals surface area contributed by atoms with Gasteiger partial charge in [0.2, 0.25) is 0 Å². The molecule has 2 aliphatic heterocycles. The molecule has 128 valence electrons. The second-order valence-corrected chi connectivity index (χ2v) is 7.61. The molecule has 0 radical (unpaired) electrons. The monoisotopic (exact) mass is 345 g/mol. The number of hydrogen-bond acceptors (Lipinski definition) is 6. The van der Waals surface area contributed by atoms with Crippen LogP contribution in [0.3, 0.4) is 0 Å². The van der Waals surface area contributed by atoms with Gasteiger partial charge in [-0.3, -0.25) is 9.88 Å². The van der Waals surface area contributed by atoms with Crippen LogP contribution in [0.5, 0.6) is 0 Å². The molecule has 4 rings (SSSR count). The molecule has 24 heavy (non-hydrogen) atoms. The number of likely N-dealkylation sites (tertiary alicyclic amines) is 1. The maximum absolute atomic E-state index is 6.20. The van der Waals surface area contributed by atoms with Gasteiger partial charge in [0.05, 0.1) is 23.4 Å². The average molecular weight is 345 g/mol. The maximum Gasteiger partial charge on any atom is 0.100 e. The van der Waals surface area contributed by atoms with Gasteiger partial charge in [-0.05, 0) is 31.4 Å². The minimum atomic E-state index is 0.119. The van der Waals surface area contributed by atoms with Crippen LogP contribution < -0.4 is 0 Å². The number of thiazole rings is 1. The third-order valence-corrected chi connectivity index (χ3v) is 5.63. The van der Waals surface area contributed by atoms with E-state index in [0.717, 1.165) is 36.8 Å². The number of nitrogens with zero attached hydrogens (tertiary/aromatic N) is 3. The van der Waals surface area contributed by atoms with E-state index in [9.17, 15) is 0 Å². The van der Waals surface area contributed by atoms with Gasteiger partial charge < -0.3 is 9.47 Å². The zero-order valence-electron chi connectivity index (χ0n) is 13.9. The van der Waals surface area contributed by atoms with Gasteiger partial charge in [0.1, 0.15) is 6.10 Å². The first-order valence-electron chi connectivity index (χ1n) is 8.57. The lowest BCUT2D eigenvalue weighted by atomic mass is 10.0. The van der Waals surface area contributed by atoms with E-state index in [4.69, 9.17) is 9.47 Å². The highest BCUT2D eigenvalue weighted by molar-refractivity contribution is 7.09. The molecule has 0 aromatic carbocycles. The van der Waals surface area contributed by atoms with E-state index in [1.54, 1.807) is 11.3 Å². The molecule has 4 heterocycles. The van der Waals surface area contributed by atoms with Crippen LogP contribution in [0.25, 0.3) is 0 Å². The standard InChI is InChI=1S/C18H23N3O2S/c1-13-20-15(12-24-13)11-23-17-10-21(9-14-4-2-6-19-8-14)16-5-3-7-22-18(16)17/h2,4,6,8,12,16-18H,3,5,7,9-11H2,1H3/t16-,17+,18+/m1/s1. The molecular weight excluding hydrogens is 322 g/mol. The summed E-state index contributed by atoms with van der Waals surface area (Å²) in [6.07, 6.45) is 6.37. The lowest BCUT2D eigenvalue weighted by Gasteiger charge is -2.32. The van der Waals surface area contributed by atoms with Gasteiger partial charge in [0, 0.05) is 43.5 Å². The summed E-state index contributed by atoms with van der Waals surface area (Å²) in [5.74, 6) is 0. The molecule has 5 nitrogen and oxygen atoms in total. The molecule has 2 fully saturated rings. The van der Waals surface area contributed by atoms with Crippen molar-refractivity contribution in [3.05, 3.63) is 46.2 Å². The lowest BCUT2D eigenvalue weighted by Crippen LogP contribution is -2.41. The first kappa shape index (κ1) is 16.1. The Morgan fingerprint density at radius 1 is 1.46 bits per heavy atom. The molecule has 0 spiro atoms. The van der Waals surface area contributed by atoms with Gasteiger partial charge in [0.25, 0.3) is 0 Å². The van der Waals surface area contributed by atoms with Crippen molar-refractivity contribution in [2.24, 2.45) is 0 Å². The van der Waals surface area contributed by atoms with Crippen molar-refractivity contribution in [1.29, 1.82) is 0 Å². The second-order valence-electron chi connectivity index (χ2n) is 6.54. The third-order valence-electron chi connectivity index (χ3n) is 4.80. The SMILES string of the molecule is Cc1nc(CO[C@H]2CN(Cc3cccnc3)[C@@H]3CCCO[C@H]23)cs1. The minimum Gasteiger partial charge on any atom is -0.374 e. The molecule has 6 heteroatoms. The van der Waals surface area contributed by atoms with E-state index in [1.165, 1.54) is 12.0 Å². The molecule has 0 unspecified atom stereocenters. The van der Waals surface area contributed by atoms with Crippen LogP contribution in [-0.2, 0) is 22.6 Å². The summed E-state index contributed by atoms with van der Waals surface area (Å²) >= 11 is 1.67. The highest BCUT2D eigenvalue weighted by Crippen LogP contribution is 2.32. The summed E-state index contributed by atoms with van der Waals surface area (Å²) in [5.41, 5.74) is 2.27. The van der Waals surface area contributed by atoms with Crippen LogP contribution in [0, 0.1) is 6.92 Å². The molecule has 0 aliphatic carbocycles. The van der Waals surface area contributed by atoms with E-state index in [0.29, 0.717) is 12.6 Å². The first-order chi connectivity index (χ1) is 11.8. The Labute approximate surface area is 146 Å². The van der Waals surface area contributed by atoms with Crippen molar-refractivity contribution >= 4 is 11.3 Å². The Morgan fingerprint density at radius 3 is 3.21 bits per heavy atom. The van der Waals surface area contributed by atoms with Crippen LogP contribution >= 0.6 is 11.3 Å². The second kappa shape index (κ2) is 7.27. The van der Waals surface area contributed by atoms with Crippen LogP contribution in [0.2, 0.25) is 0 Å². The Balaban J connectivity index is 1.42. The van der Waals surface area contributed by atoms with Crippen LogP contribution in [0.15, 0.2) is 29.9 Å². The molecule has 2 aromatic rings. The van der Waals surface area contributed by atoms with Crippen molar-refractivity contribution in [2.45, 2.75) is 51.2 Å². The Bertz CT molecular complexity index is 663. The Hall–Kier alpha value is -1.34. The van der Waals surface area contributed by atoms with E-state index in [1.807, 2.05) is 25.4 Å². The first-order valence-corrected chi connectivity index (χ1v) is 9.45. The summed E-state index contributed by atoms with van der Waals surface area (Å²) < 4.78 is 12.3. The average Bonchev–Trinajstić information content (AvgIpc) is 3.18. The van der Waals surface area contributed by atoms with Gasteiger partial charge in [-0.1, -0.05) is 6.07 Å². The number of hydrogen-bond donors (Lipinski definition) is 0. The van der Waals surface area contributed by atoms with Crippen molar-refractivity contribution in [1.82, 2.24) is 14.9 Å². The normalized spacial score (nSPS) is 27.3. The van der Waals surface area contributed by atoms with Crippen LogP contribution in [0.4, 0.5) is 0 Å². The fourth-order valence-corrected chi connectivity index (χ4v) is 4.32. The Morgan fingerprint density at radius 2 is 2.42 bits per heavy atom. The molecule has 2 aromatic heterocycles. The van der Waals surface area contributed by atoms with Gasteiger partial charge in [-0.25, -0.2) is 4.98 Å². The summed E-state index contributed by atoms with van der Waals surface area (Å²) in [6.45, 7) is 5.26. The summed E-state index contributed by atoms with van der Waals surface area (Å²) in [7, 11) is 0.